The Morgan fingerprint density at radius 1 is 1.37 bits per heavy atom. The molecular formula is C13H24N2O4. The number of carboxylic acid groups (broad SMARTS) is 1. The molecule has 0 unspecified atom stereocenters. The van der Waals surface area contributed by atoms with Crippen LogP contribution in [0.15, 0.2) is 12.7 Å². The molecule has 0 saturated carbocycles. The van der Waals surface area contributed by atoms with Crippen LogP contribution in [-0.4, -0.2) is 66.3 Å². The van der Waals surface area contributed by atoms with E-state index in [2.05, 4.69) is 6.58 Å². The van der Waals surface area contributed by atoms with E-state index in [-0.39, 0.29) is 25.0 Å². The van der Waals surface area contributed by atoms with Crippen LogP contribution in [0.2, 0.25) is 0 Å². The highest BCUT2D eigenvalue weighted by Gasteiger charge is 2.22. The molecule has 0 aromatic heterocycles. The Labute approximate surface area is 114 Å². The normalized spacial score (nSPS) is 10.3. The van der Waals surface area contributed by atoms with Crippen LogP contribution >= 0.6 is 0 Å². The predicted octanol–water partition coefficient (Wildman–Crippen LogP) is 1.43. The second-order valence-electron chi connectivity index (χ2n) is 4.44. The maximum Gasteiger partial charge on any atom is 0.320 e. The van der Waals surface area contributed by atoms with Gasteiger partial charge < -0.3 is 19.6 Å². The van der Waals surface area contributed by atoms with Crippen molar-refractivity contribution in [2.24, 2.45) is 0 Å². The molecule has 0 aliphatic heterocycles. The molecule has 2 amide bonds. The molecule has 0 heterocycles. The number of rotatable bonds is 9. The zero-order valence-electron chi connectivity index (χ0n) is 12.0. The summed E-state index contributed by atoms with van der Waals surface area (Å²) in [5.41, 5.74) is 0. The summed E-state index contributed by atoms with van der Waals surface area (Å²) in [5, 5.41) is 8.72. The van der Waals surface area contributed by atoms with Crippen LogP contribution in [0.4, 0.5) is 4.79 Å². The lowest BCUT2D eigenvalue weighted by Gasteiger charge is -2.32. The Bertz CT molecular complexity index is 305. The van der Waals surface area contributed by atoms with Crippen LogP contribution in [-0.2, 0) is 9.53 Å². The van der Waals surface area contributed by atoms with Crippen molar-refractivity contribution in [1.29, 1.82) is 0 Å². The van der Waals surface area contributed by atoms with Gasteiger partial charge in [-0.2, -0.15) is 0 Å². The summed E-state index contributed by atoms with van der Waals surface area (Å²) in [5.74, 6) is -0.911. The number of amides is 2. The van der Waals surface area contributed by atoms with Crippen LogP contribution in [0.5, 0.6) is 0 Å². The largest absolute Gasteiger partial charge is 0.481 e. The first-order chi connectivity index (χ1) is 8.93. The highest BCUT2D eigenvalue weighted by molar-refractivity contribution is 5.76. The summed E-state index contributed by atoms with van der Waals surface area (Å²) in [6.07, 6.45) is 1.58. The summed E-state index contributed by atoms with van der Waals surface area (Å²) in [4.78, 5) is 26.1. The molecule has 6 nitrogen and oxygen atoms in total. The molecule has 0 atom stereocenters. The fourth-order valence-corrected chi connectivity index (χ4v) is 1.59. The highest BCUT2D eigenvalue weighted by atomic mass is 16.5. The van der Waals surface area contributed by atoms with Crippen molar-refractivity contribution < 1.29 is 19.4 Å². The molecule has 0 radical (unpaired) electrons. The van der Waals surface area contributed by atoms with Crippen molar-refractivity contribution in [3.8, 4) is 0 Å². The van der Waals surface area contributed by atoms with E-state index in [0.717, 1.165) is 0 Å². The first kappa shape index (κ1) is 17.4. The van der Waals surface area contributed by atoms with E-state index in [9.17, 15) is 9.59 Å². The van der Waals surface area contributed by atoms with Gasteiger partial charge in [-0.1, -0.05) is 6.08 Å². The molecule has 0 fully saturated rings. The number of methoxy groups -OCH3 is 1. The molecule has 19 heavy (non-hydrogen) atoms. The fourth-order valence-electron chi connectivity index (χ4n) is 1.59. The maximum absolute atomic E-state index is 12.3. The first-order valence-corrected chi connectivity index (χ1v) is 6.31. The van der Waals surface area contributed by atoms with Crippen molar-refractivity contribution >= 4 is 12.0 Å². The van der Waals surface area contributed by atoms with E-state index in [1.54, 1.807) is 23.0 Å². The average molecular weight is 272 g/mol. The van der Waals surface area contributed by atoms with Gasteiger partial charge in [0.2, 0.25) is 0 Å². The van der Waals surface area contributed by atoms with Crippen molar-refractivity contribution in [2.45, 2.75) is 26.3 Å². The number of nitrogens with zero attached hydrogens (tertiary/aromatic N) is 2. The van der Waals surface area contributed by atoms with Gasteiger partial charge in [0.05, 0.1) is 13.0 Å². The Hall–Kier alpha value is -1.56. The molecule has 0 rings (SSSR count). The predicted molar refractivity (Wildman–Crippen MR) is 73.1 cm³/mol. The van der Waals surface area contributed by atoms with Crippen molar-refractivity contribution in [2.75, 3.05) is 33.4 Å². The van der Waals surface area contributed by atoms with Gasteiger partial charge in [0, 0.05) is 32.8 Å². The number of urea groups is 1. The third-order valence-electron chi connectivity index (χ3n) is 2.62. The van der Waals surface area contributed by atoms with Crippen LogP contribution < -0.4 is 0 Å². The minimum atomic E-state index is -0.911. The summed E-state index contributed by atoms with van der Waals surface area (Å²) >= 11 is 0. The monoisotopic (exact) mass is 272 g/mol. The summed E-state index contributed by atoms with van der Waals surface area (Å²) in [6.45, 7) is 8.86. The highest BCUT2D eigenvalue weighted by Crippen LogP contribution is 2.06. The van der Waals surface area contributed by atoms with Gasteiger partial charge in [-0.3, -0.25) is 4.79 Å². The molecule has 110 valence electrons. The van der Waals surface area contributed by atoms with E-state index in [0.29, 0.717) is 19.7 Å². The number of carbonyl (C=O) groups is 2. The quantitative estimate of drug-likeness (QED) is 0.645. The van der Waals surface area contributed by atoms with Gasteiger partial charge in [-0.15, -0.1) is 6.58 Å². The van der Waals surface area contributed by atoms with Crippen molar-refractivity contribution in [3.05, 3.63) is 12.7 Å². The lowest BCUT2D eigenvalue weighted by atomic mass is 10.3. The van der Waals surface area contributed by atoms with E-state index in [1.165, 1.54) is 0 Å². The van der Waals surface area contributed by atoms with Crippen LogP contribution in [0.3, 0.4) is 0 Å². The van der Waals surface area contributed by atoms with Gasteiger partial charge in [0.25, 0.3) is 0 Å². The molecule has 0 aliphatic carbocycles. The van der Waals surface area contributed by atoms with Gasteiger partial charge in [-0.05, 0) is 13.8 Å². The fraction of sp³-hybridized carbons (Fsp3) is 0.692. The molecule has 0 spiro atoms. The number of hydrogen-bond acceptors (Lipinski definition) is 3. The minimum Gasteiger partial charge on any atom is -0.481 e. The number of aliphatic carboxylic acids is 1. The Morgan fingerprint density at radius 3 is 2.42 bits per heavy atom. The molecule has 0 bridgehead atoms. The van der Waals surface area contributed by atoms with Gasteiger partial charge in [0.15, 0.2) is 0 Å². The molecule has 6 heteroatoms. The van der Waals surface area contributed by atoms with Crippen molar-refractivity contribution in [1.82, 2.24) is 9.80 Å². The zero-order chi connectivity index (χ0) is 14.8. The zero-order valence-corrected chi connectivity index (χ0v) is 12.0. The maximum atomic E-state index is 12.3. The van der Waals surface area contributed by atoms with Crippen LogP contribution in [0.25, 0.3) is 0 Å². The second kappa shape index (κ2) is 9.38. The van der Waals surface area contributed by atoms with Crippen LogP contribution in [0.1, 0.15) is 20.3 Å². The molecule has 0 aliphatic rings. The van der Waals surface area contributed by atoms with Gasteiger partial charge in [0.1, 0.15) is 0 Å². The second-order valence-corrected chi connectivity index (χ2v) is 4.44. The molecule has 1 N–H and O–H groups in total. The summed E-state index contributed by atoms with van der Waals surface area (Å²) in [6, 6.07) is -0.241. The lowest BCUT2D eigenvalue weighted by molar-refractivity contribution is -0.137. The van der Waals surface area contributed by atoms with E-state index in [1.807, 2.05) is 13.8 Å². The third-order valence-corrected chi connectivity index (χ3v) is 2.62. The number of ether oxygens (including phenoxy) is 1. The molecule has 0 aromatic carbocycles. The first-order valence-electron chi connectivity index (χ1n) is 6.31. The Morgan fingerprint density at radius 2 is 2.00 bits per heavy atom. The third kappa shape index (κ3) is 6.81. The Balaban J connectivity index is 4.70. The topological polar surface area (TPSA) is 70.1 Å². The number of carboxylic acids is 1. The Kier molecular flexibility index (Phi) is 8.61. The van der Waals surface area contributed by atoms with Crippen LogP contribution in [0, 0.1) is 0 Å². The standard InChI is InChI=1S/C13H24N2O4/c1-5-7-14(9-10-19-4)13(18)15(11(2)3)8-6-12(16)17/h5,11H,1,6-10H2,2-4H3,(H,16,17). The van der Waals surface area contributed by atoms with Gasteiger partial charge >= 0.3 is 12.0 Å². The molecular weight excluding hydrogens is 248 g/mol. The van der Waals surface area contributed by atoms with Gasteiger partial charge in [-0.25, -0.2) is 4.79 Å². The summed E-state index contributed by atoms with van der Waals surface area (Å²) in [7, 11) is 1.57. The summed E-state index contributed by atoms with van der Waals surface area (Å²) < 4.78 is 4.97. The lowest BCUT2D eigenvalue weighted by Crippen LogP contribution is -2.48. The minimum absolute atomic E-state index is 0.0540. The molecule has 0 saturated heterocycles. The molecule has 0 aromatic rings. The van der Waals surface area contributed by atoms with E-state index < -0.39 is 5.97 Å². The SMILES string of the molecule is C=CCN(CCOC)C(=O)N(CCC(=O)O)C(C)C. The number of hydrogen-bond donors (Lipinski definition) is 1. The van der Waals surface area contributed by atoms with Crippen molar-refractivity contribution in [3.63, 3.8) is 0 Å². The van der Waals surface area contributed by atoms with E-state index >= 15 is 0 Å². The number of carbonyl (C=O) groups excluding carboxylic acids is 1. The smallest absolute Gasteiger partial charge is 0.320 e. The average Bonchev–Trinajstić information content (AvgIpc) is 2.33. The van der Waals surface area contributed by atoms with E-state index in [4.69, 9.17) is 9.84 Å².